The maximum Gasteiger partial charge on any atom is 0.253 e. The Morgan fingerprint density at radius 2 is 1.70 bits per heavy atom. The van der Waals surface area contributed by atoms with E-state index >= 15 is 0 Å². The van der Waals surface area contributed by atoms with Gasteiger partial charge in [0.2, 0.25) is 0 Å². The highest BCUT2D eigenvalue weighted by atomic mass is 16.2. The van der Waals surface area contributed by atoms with Gasteiger partial charge < -0.3 is 10.6 Å². The molecule has 4 nitrogen and oxygen atoms in total. The number of carbonyl (C=O) groups is 1. The van der Waals surface area contributed by atoms with E-state index in [9.17, 15) is 4.79 Å². The SMILES string of the molecule is Cc1ccc(C(=O)N2CCN(C(C)(C)CN)CC2)cc1. The predicted octanol–water partition coefficient (Wildman–Crippen LogP) is 1.49. The summed E-state index contributed by atoms with van der Waals surface area (Å²) in [6, 6.07) is 7.80. The normalized spacial score (nSPS) is 17.3. The Hall–Kier alpha value is -1.39. The fraction of sp³-hybridized carbons (Fsp3) is 0.562. The topological polar surface area (TPSA) is 49.6 Å². The molecule has 0 aromatic heterocycles. The molecule has 4 heteroatoms. The number of rotatable bonds is 3. The van der Waals surface area contributed by atoms with Crippen molar-refractivity contribution in [2.45, 2.75) is 26.3 Å². The van der Waals surface area contributed by atoms with E-state index in [1.54, 1.807) is 0 Å². The Bertz CT molecular complexity index is 459. The summed E-state index contributed by atoms with van der Waals surface area (Å²) in [4.78, 5) is 16.7. The van der Waals surface area contributed by atoms with Gasteiger partial charge in [-0.1, -0.05) is 17.7 Å². The van der Waals surface area contributed by atoms with Crippen LogP contribution in [0.4, 0.5) is 0 Å². The molecule has 20 heavy (non-hydrogen) atoms. The highest BCUT2D eigenvalue weighted by molar-refractivity contribution is 5.94. The zero-order valence-corrected chi connectivity index (χ0v) is 12.7. The molecule has 1 aromatic rings. The van der Waals surface area contributed by atoms with Crippen LogP contribution in [0.3, 0.4) is 0 Å². The van der Waals surface area contributed by atoms with E-state index in [0.717, 1.165) is 31.7 Å². The summed E-state index contributed by atoms with van der Waals surface area (Å²) in [5.74, 6) is 0.134. The van der Waals surface area contributed by atoms with Gasteiger partial charge in [-0.2, -0.15) is 0 Å². The lowest BCUT2D eigenvalue weighted by molar-refractivity contribution is 0.0426. The number of benzene rings is 1. The number of nitrogens with zero attached hydrogens (tertiary/aromatic N) is 2. The Morgan fingerprint density at radius 3 is 2.20 bits per heavy atom. The first-order valence-electron chi connectivity index (χ1n) is 7.25. The largest absolute Gasteiger partial charge is 0.336 e. The molecule has 0 spiro atoms. The van der Waals surface area contributed by atoms with Crippen molar-refractivity contribution < 1.29 is 4.79 Å². The number of amides is 1. The van der Waals surface area contributed by atoms with E-state index in [-0.39, 0.29) is 11.4 Å². The third-order valence-electron chi connectivity index (χ3n) is 4.22. The van der Waals surface area contributed by atoms with Crippen molar-refractivity contribution in [2.75, 3.05) is 32.7 Å². The van der Waals surface area contributed by atoms with Crippen molar-refractivity contribution >= 4 is 5.91 Å². The molecule has 1 fully saturated rings. The van der Waals surface area contributed by atoms with Gasteiger partial charge in [-0.05, 0) is 32.9 Å². The van der Waals surface area contributed by atoms with Gasteiger partial charge >= 0.3 is 0 Å². The minimum absolute atomic E-state index is 0.0129. The van der Waals surface area contributed by atoms with Gasteiger partial charge in [-0.25, -0.2) is 0 Å². The number of hydrogen-bond donors (Lipinski definition) is 1. The molecule has 1 heterocycles. The molecular weight excluding hydrogens is 250 g/mol. The van der Waals surface area contributed by atoms with Crippen LogP contribution in [0.25, 0.3) is 0 Å². The molecule has 2 N–H and O–H groups in total. The summed E-state index contributed by atoms with van der Waals surface area (Å²) in [6.07, 6.45) is 0. The third-order valence-corrected chi connectivity index (χ3v) is 4.22. The summed E-state index contributed by atoms with van der Waals surface area (Å²) in [5, 5.41) is 0. The highest BCUT2D eigenvalue weighted by Gasteiger charge is 2.30. The third kappa shape index (κ3) is 3.19. The molecule has 1 aliphatic heterocycles. The molecule has 0 radical (unpaired) electrons. The first-order chi connectivity index (χ1) is 9.44. The van der Waals surface area contributed by atoms with Crippen molar-refractivity contribution in [2.24, 2.45) is 5.73 Å². The zero-order chi connectivity index (χ0) is 14.8. The van der Waals surface area contributed by atoms with Crippen molar-refractivity contribution in [3.05, 3.63) is 35.4 Å². The number of carbonyl (C=O) groups excluding carboxylic acids is 1. The molecule has 0 unspecified atom stereocenters. The minimum Gasteiger partial charge on any atom is -0.336 e. The number of nitrogens with two attached hydrogens (primary N) is 1. The van der Waals surface area contributed by atoms with Crippen LogP contribution < -0.4 is 5.73 Å². The highest BCUT2D eigenvalue weighted by Crippen LogP contribution is 2.17. The summed E-state index contributed by atoms with van der Waals surface area (Å²) < 4.78 is 0. The second kappa shape index (κ2) is 5.94. The number of piperazine rings is 1. The summed E-state index contributed by atoms with van der Waals surface area (Å²) >= 11 is 0. The Morgan fingerprint density at radius 1 is 1.15 bits per heavy atom. The molecule has 0 bridgehead atoms. The van der Waals surface area contributed by atoms with Gasteiger partial charge in [0, 0.05) is 43.8 Å². The first kappa shape index (κ1) is 15.0. The van der Waals surface area contributed by atoms with E-state index in [2.05, 4.69) is 18.7 Å². The van der Waals surface area contributed by atoms with Crippen LogP contribution in [0.5, 0.6) is 0 Å². The minimum atomic E-state index is 0.0129. The van der Waals surface area contributed by atoms with Crippen molar-refractivity contribution in [3.63, 3.8) is 0 Å². The lowest BCUT2D eigenvalue weighted by Crippen LogP contribution is -2.58. The standard InChI is InChI=1S/C16H25N3O/c1-13-4-6-14(7-5-13)15(20)18-8-10-19(11-9-18)16(2,3)12-17/h4-7H,8-12,17H2,1-3H3. The number of aryl methyl sites for hydroxylation is 1. The van der Waals surface area contributed by atoms with Crippen LogP contribution in [0.2, 0.25) is 0 Å². The van der Waals surface area contributed by atoms with E-state index in [1.807, 2.05) is 36.1 Å². The first-order valence-corrected chi connectivity index (χ1v) is 7.25. The quantitative estimate of drug-likeness (QED) is 0.909. The molecule has 1 aliphatic rings. The molecular formula is C16H25N3O. The van der Waals surface area contributed by atoms with Gasteiger partial charge in [-0.3, -0.25) is 9.69 Å². The second-order valence-electron chi connectivity index (χ2n) is 6.16. The lowest BCUT2D eigenvalue weighted by atomic mass is 10.0. The smallest absolute Gasteiger partial charge is 0.253 e. The van der Waals surface area contributed by atoms with Gasteiger partial charge in [0.05, 0.1) is 0 Å². The van der Waals surface area contributed by atoms with Gasteiger partial charge in [0.15, 0.2) is 0 Å². The zero-order valence-electron chi connectivity index (χ0n) is 12.7. The van der Waals surface area contributed by atoms with Gasteiger partial charge in [0.25, 0.3) is 5.91 Å². The molecule has 0 aliphatic carbocycles. The van der Waals surface area contributed by atoms with Crippen LogP contribution in [0.15, 0.2) is 24.3 Å². The average Bonchev–Trinajstić information content (AvgIpc) is 2.47. The molecule has 2 rings (SSSR count). The maximum absolute atomic E-state index is 12.4. The van der Waals surface area contributed by atoms with E-state index < -0.39 is 0 Å². The Labute approximate surface area is 121 Å². The fourth-order valence-electron chi connectivity index (χ4n) is 2.52. The van der Waals surface area contributed by atoms with E-state index in [0.29, 0.717) is 6.54 Å². The average molecular weight is 275 g/mol. The molecule has 0 atom stereocenters. The molecule has 110 valence electrons. The van der Waals surface area contributed by atoms with Crippen molar-refractivity contribution in [3.8, 4) is 0 Å². The van der Waals surface area contributed by atoms with Crippen LogP contribution in [0, 0.1) is 6.92 Å². The van der Waals surface area contributed by atoms with Gasteiger partial charge in [-0.15, -0.1) is 0 Å². The molecule has 1 saturated heterocycles. The summed E-state index contributed by atoms with van der Waals surface area (Å²) in [6.45, 7) is 10.3. The molecule has 1 aromatic carbocycles. The molecule has 1 amide bonds. The van der Waals surface area contributed by atoms with Crippen molar-refractivity contribution in [1.82, 2.24) is 9.80 Å². The summed E-state index contributed by atoms with van der Waals surface area (Å²) in [7, 11) is 0. The van der Waals surface area contributed by atoms with Crippen molar-refractivity contribution in [1.29, 1.82) is 0 Å². The fourth-order valence-corrected chi connectivity index (χ4v) is 2.52. The lowest BCUT2D eigenvalue weighted by Gasteiger charge is -2.43. The van der Waals surface area contributed by atoms with E-state index in [4.69, 9.17) is 5.73 Å². The van der Waals surface area contributed by atoms with Crippen LogP contribution in [0.1, 0.15) is 29.8 Å². The monoisotopic (exact) mass is 275 g/mol. The van der Waals surface area contributed by atoms with Crippen LogP contribution in [-0.4, -0.2) is 54.0 Å². The molecule has 0 saturated carbocycles. The van der Waals surface area contributed by atoms with Gasteiger partial charge in [0.1, 0.15) is 0 Å². The van der Waals surface area contributed by atoms with Crippen LogP contribution in [-0.2, 0) is 0 Å². The van der Waals surface area contributed by atoms with E-state index in [1.165, 1.54) is 5.56 Å². The Kier molecular flexibility index (Phi) is 4.45. The predicted molar refractivity (Wildman–Crippen MR) is 81.8 cm³/mol. The number of hydrogen-bond acceptors (Lipinski definition) is 3. The van der Waals surface area contributed by atoms with Crippen LogP contribution >= 0.6 is 0 Å². The second-order valence-corrected chi connectivity index (χ2v) is 6.16. The Balaban J connectivity index is 1.97. The maximum atomic E-state index is 12.4. The summed E-state index contributed by atoms with van der Waals surface area (Å²) in [5.41, 5.74) is 7.78.